The summed E-state index contributed by atoms with van der Waals surface area (Å²) < 4.78 is 7.94. The molecule has 0 saturated carbocycles. The largest absolute Gasteiger partial charge is 0.451 e. The Hall–Kier alpha value is -2.60. The Morgan fingerprint density at radius 1 is 1.15 bits per heavy atom. The zero-order valence-corrected chi connectivity index (χ0v) is 15.8. The fraction of sp³-hybridized carbons (Fsp3) is 0.429. The lowest BCUT2D eigenvalue weighted by Crippen LogP contribution is -2.35. The second kappa shape index (κ2) is 7.96. The summed E-state index contributed by atoms with van der Waals surface area (Å²) in [6.07, 6.45) is 5.97. The third-order valence-electron chi connectivity index (χ3n) is 5.31. The molecule has 142 valence electrons. The van der Waals surface area contributed by atoms with E-state index in [1.54, 1.807) is 0 Å². The maximum Gasteiger partial charge on any atom is 0.289 e. The average Bonchev–Trinajstić information content (AvgIpc) is 3.21. The van der Waals surface area contributed by atoms with Gasteiger partial charge in [0.15, 0.2) is 5.76 Å². The molecular weight excluding hydrogens is 340 g/mol. The van der Waals surface area contributed by atoms with Crippen molar-refractivity contribution < 1.29 is 9.21 Å². The lowest BCUT2D eigenvalue weighted by Gasteiger charge is -2.21. The van der Waals surface area contributed by atoms with Crippen LogP contribution in [0.4, 0.5) is 0 Å². The van der Waals surface area contributed by atoms with Crippen LogP contribution in [0.2, 0.25) is 0 Å². The van der Waals surface area contributed by atoms with Crippen LogP contribution >= 0.6 is 0 Å². The molecule has 1 fully saturated rings. The standard InChI is InChI=1S/C21H26N4O2/c1-17-22-8-13-24(17)11-4-9-23-10-5-12-25(15-14-23)21(26)20-16-18-6-2-3-7-19(18)27-20/h2-3,6-8,13,16H,4-5,9-12,14-15H2,1H3. The Bertz CT molecular complexity index is 881. The van der Waals surface area contributed by atoms with Gasteiger partial charge in [-0.3, -0.25) is 4.79 Å². The second-order valence-corrected chi connectivity index (χ2v) is 7.16. The van der Waals surface area contributed by atoms with Crippen LogP contribution in [0.15, 0.2) is 47.1 Å². The van der Waals surface area contributed by atoms with Crippen LogP contribution in [0.25, 0.3) is 11.0 Å². The molecule has 6 heteroatoms. The Morgan fingerprint density at radius 2 is 2.04 bits per heavy atom. The van der Waals surface area contributed by atoms with Crippen molar-refractivity contribution in [1.82, 2.24) is 19.4 Å². The van der Waals surface area contributed by atoms with Gasteiger partial charge >= 0.3 is 0 Å². The summed E-state index contributed by atoms with van der Waals surface area (Å²) in [4.78, 5) is 21.5. The van der Waals surface area contributed by atoms with Gasteiger partial charge in [0.1, 0.15) is 11.4 Å². The SMILES string of the molecule is Cc1nccn1CCCN1CCCN(C(=O)c2cc3ccccc3o2)CC1. The molecular formula is C21H26N4O2. The zero-order valence-electron chi connectivity index (χ0n) is 15.8. The molecule has 0 unspecified atom stereocenters. The zero-order chi connectivity index (χ0) is 18.6. The van der Waals surface area contributed by atoms with Crippen LogP contribution in [0.5, 0.6) is 0 Å². The fourth-order valence-electron chi connectivity index (χ4n) is 3.75. The molecule has 1 saturated heterocycles. The third-order valence-corrected chi connectivity index (χ3v) is 5.31. The van der Waals surface area contributed by atoms with Gasteiger partial charge in [-0.15, -0.1) is 0 Å². The quantitative estimate of drug-likeness (QED) is 0.696. The number of furan rings is 1. The van der Waals surface area contributed by atoms with E-state index in [4.69, 9.17) is 4.42 Å². The molecule has 0 aliphatic carbocycles. The highest BCUT2D eigenvalue weighted by Crippen LogP contribution is 2.20. The van der Waals surface area contributed by atoms with E-state index in [0.29, 0.717) is 5.76 Å². The number of aryl methyl sites for hydroxylation is 2. The predicted molar refractivity (Wildman–Crippen MR) is 105 cm³/mol. The summed E-state index contributed by atoms with van der Waals surface area (Å²) in [5, 5.41) is 0.979. The van der Waals surface area contributed by atoms with Crippen LogP contribution < -0.4 is 0 Å². The lowest BCUT2D eigenvalue weighted by molar-refractivity contribution is 0.0732. The van der Waals surface area contributed by atoms with E-state index in [9.17, 15) is 4.79 Å². The van der Waals surface area contributed by atoms with E-state index in [2.05, 4.69) is 14.5 Å². The van der Waals surface area contributed by atoms with Crippen molar-refractivity contribution in [2.24, 2.45) is 0 Å². The first-order chi connectivity index (χ1) is 13.2. The molecule has 1 aliphatic heterocycles. The molecule has 27 heavy (non-hydrogen) atoms. The average molecular weight is 366 g/mol. The lowest BCUT2D eigenvalue weighted by atomic mass is 10.2. The number of hydrogen-bond donors (Lipinski definition) is 0. The number of imidazole rings is 1. The highest BCUT2D eigenvalue weighted by atomic mass is 16.3. The van der Waals surface area contributed by atoms with Crippen molar-refractivity contribution >= 4 is 16.9 Å². The summed E-state index contributed by atoms with van der Waals surface area (Å²) >= 11 is 0. The van der Waals surface area contributed by atoms with Gasteiger partial charge in [-0.25, -0.2) is 4.98 Å². The Morgan fingerprint density at radius 3 is 2.85 bits per heavy atom. The highest BCUT2D eigenvalue weighted by molar-refractivity contribution is 5.96. The van der Waals surface area contributed by atoms with E-state index in [1.807, 2.05) is 54.5 Å². The molecule has 2 aromatic heterocycles. The summed E-state index contributed by atoms with van der Waals surface area (Å²) in [7, 11) is 0. The van der Waals surface area contributed by atoms with Gasteiger partial charge in [0.25, 0.3) is 5.91 Å². The Balaban J connectivity index is 1.31. The number of rotatable bonds is 5. The highest BCUT2D eigenvalue weighted by Gasteiger charge is 2.22. The topological polar surface area (TPSA) is 54.5 Å². The van der Waals surface area contributed by atoms with E-state index in [0.717, 1.165) is 68.9 Å². The fourth-order valence-corrected chi connectivity index (χ4v) is 3.75. The Labute approximate surface area is 159 Å². The number of hydrogen-bond acceptors (Lipinski definition) is 4. The first-order valence-corrected chi connectivity index (χ1v) is 9.68. The van der Waals surface area contributed by atoms with Gasteiger partial charge in [0, 0.05) is 44.0 Å². The van der Waals surface area contributed by atoms with Gasteiger partial charge in [-0.1, -0.05) is 18.2 Å². The number of carbonyl (C=O) groups is 1. The van der Waals surface area contributed by atoms with Gasteiger partial charge in [0.2, 0.25) is 0 Å². The first-order valence-electron chi connectivity index (χ1n) is 9.68. The molecule has 0 N–H and O–H groups in total. The van der Waals surface area contributed by atoms with Gasteiger partial charge in [0.05, 0.1) is 0 Å². The van der Waals surface area contributed by atoms with Crippen LogP contribution in [0.1, 0.15) is 29.2 Å². The third kappa shape index (κ3) is 4.06. The summed E-state index contributed by atoms with van der Waals surface area (Å²) in [5.41, 5.74) is 0.770. The maximum atomic E-state index is 12.8. The minimum Gasteiger partial charge on any atom is -0.451 e. The number of aromatic nitrogens is 2. The number of fused-ring (bicyclic) bond motifs is 1. The molecule has 0 atom stereocenters. The molecule has 0 radical (unpaired) electrons. The molecule has 3 aromatic rings. The van der Waals surface area contributed by atoms with Crippen molar-refractivity contribution in [3.05, 3.63) is 54.3 Å². The number of carbonyl (C=O) groups excluding carboxylic acids is 1. The van der Waals surface area contributed by atoms with Crippen molar-refractivity contribution in [3.63, 3.8) is 0 Å². The van der Waals surface area contributed by atoms with E-state index < -0.39 is 0 Å². The van der Waals surface area contributed by atoms with Crippen molar-refractivity contribution in [1.29, 1.82) is 0 Å². The molecule has 1 amide bonds. The van der Waals surface area contributed by atoms with Crippen LogP contribution in [0, 0.1) is 6.92 Å². The summed E-state index contributed by atoms with van der Waals surface area (Å²) in [6.45, 7) is 7.55. The molecule has 3 heterocycles. The van der Waals surface area contributed by atoms with Crippen molar-refractivity contribution in [2.45, 2.75) is 26.3 Å². The second-order valence-electron chi connectivity index (χ2n) is 7.16. The number of benzene rings is 1. The molecule has 1 aliphatic rings. The van der Waals surface area contributed by atoms with Crippen molar-refractivity contribution in [2.75, 3.05) is 32.7 Å². The minimum atomic E-state index is 0.00194. The minimum absolute atomic E-state index is 0.00194. The number of nitrogens with zero attached hydrogens (tertiary/aromatic N) is 4. The normalized spacial score (nSPS) is 16.0. The van der Waals surface area contributed by atoms with E-state index in [1.165, 1.54) is 0 Å². The van der Waals surface area contributed by atoms with Crippen LogP contribution in [0.3, 0.4) is 0 Å². The van der Waals surface area contributed by atoms with Gasteiger partial charge < -0.3 is 18.8 Å². The smallest absolute Gasteiger partial charge is 0.289 e. The van der Waals surface area contributed by atoms with Gasteiger partial charge in [-0.05, 0) is 45.0 Å². The predicted octanol–water partition coefficient (Wildman–Crippen LogP) is 3.18. The molecule has 6 nitrogen and oxygen atoms in total. The molecule has 1 aromatic carbocycles. The van der Waals surface area contributed by atoms with E-state index in [-0.39, 0.29) is 5.91 Å². The monoisotopic (exact) mass is 366 g/mol. The Kier molecular flexibility index (Phi) is 5.25. The molecule has 0 spiro atoms. The van der Waals surface area contributed by atoms with Crippen LogP contribution in [-0.4, -0.2) is 58.0 Å². The van der Waals surface area contributed by atoms with E-state index >= 15 is 0 Å². The van der Waals surface area contributed by atoms with Gasteiger partial charge in [-0.2, -0.15) is 0 Å². The summed E-state index contributed by atoms with van der Waals surface area (Å²) in [6, 6.07) is 9.62. The first kappa shape index (κ1) is 17.8. The molecule has 0 bridgehead atoms. The van der Waals surface area contributed by atoms with Crippen LogP contribution in [-0.2, 0) is 6.54 Å². The summed E-state index contributed by atoms with van der Waals surface area (Å²) in [5.74, 6) is 1.51. The number of amides is 1. The van der Waals surface area contributed by atoms with Crippen molar-refractivity contribution in [3.8, 4) is 0 Å². The molecule has 4 rings (SSSR count). The number of para-hydroxylation sites is 1. The maximum absolute atomic E-state index is 12.8.